The summed E-state index contributed by atoms with van der Waals surface area (Å²) in [6.45, 7) is 1.99. The predicted molar refractivity (Wildman–Crippen MR) is 86.3 cm³/mol. The van der Waals surface area contributed by atoms with Crippen molar-refractivity contribution in [2.75, 3.05) is 5.75 Å². The monoisotopic (exact) mass is 328 g/mol. The molecule has 116 valence electrons. The molecule has 0 fully saturated rings. The Morgan fingerprint density at radius 2 is 2.24 bits per heavy atom. The molecule has 0 radical (unpaired) electrons. The molecule has 0 aliphatic heterocycles. The van der Waals surface area contributed by atoms with Gasteiger partial charge in [0.05, 0.1) is 0 Å². The topological polar surface area (TPSA) is 79.3 Å². The Bertz CT molecular complexity index is 443. The van der Waals surface area contributed by atoms with Gasteiger partial charge in [0.1, 0.15) is 11.1 Å². The summed E-state index contributed by atoms with van der Waals surface area (Å²) in [6.07, 6.45) is 4.21. The zero-order chi connectivity index (χ0) is 15.5. The highest BCUT2D eigenvalue weighted by molar-refractivity contribution is 8.76. The third-order valence-electron chi connectivity index (χ3n) is 2.67. The Kier molecular flexibility index (Phi) is 8.93. The number of rotatable bonds is 10. The van der Waals surface area contributed by atoms with Crippen LogP contribution in [0.3, 0.4) is 0 Å². The van der Waals surface area contributed by atoms with Crippen LogP contribution in [-0.2, 0) is 9.59 Å². The molecule has 1 unspecified atom stereocenters. The van der Waals surface area contributed by atoms with Gasteiger partial charge < -0.3 is 10.4 Å². The number of aliphatic carboxylic acids is 1. The molecule has 0 saturated carbocycles. The van der Waals surface area contributed by atoms with Gasteiger partial charge in [0, 0.05) is 18.4 Å². The molecular formula is C14H20N2O3S2. The van der Waals surface area contributed by atoms with Crippen molar-refractivity contribution in [3.63, 3.8) is 0 Å². The van der Waals surface area contributed by atoms with Gasteiger partial charge in [-0.05, 0) is 29.3 Å². The lowest BCUT2D eigenvalue weighted by Gasteiger charge is -2.13. The van der Waals surface area contributed by atoms with Crippen molar-refractivity contribution < 1.29 is 14.7 Å². The van der Waals surface area contributed by atoms with Crippen LogP contribution in [0.25, 0.3) is 0 Å². The Labute approximate surface area is 132 Å². The lowest BCUT2D eigenvalue weighted by molar-refractivity contribution is -0.142. The van der Waals surface area contributed by atoms with Crippen molar-refractivity contribution in [2.45, 2.75) is 43.7 Å². The molecule has 1 amide bonds. The van der Waals surface area contributed by atoms with E-state index in [1.807, 2.05) is 25.1 Å². The van der Waals surface area contributed by atoms with Crippen LogP contribution in [0.4, 0.5) is 0 Å². The molecule has 5 nitrogen and oxygen atoms in total. The normalized spacial score (nSPS) is 11.9. The minimum atomic E-state index is -0.965. The molecule has 0 saturated heterocycles. The summed E-state index contributed by atoms with van der Waals surface area (Å²) in [5.41, 5.74) is 0. The number of carbonyl (C=O) groups is 2. The van der Waals surface area contributed by atoms with Crippen molar-refractivity contribution in [1.82, 2.24) is 10.3 Å². The van der Waals surface area contributed by atoms with E-state index in [0.29, 0.717) is 18.6 Å². The van der Waals surface area contributed by atoms with Gasteiger partial charge in [0.2, 0.25) is 5.91 Å². The Hall–Kier alpha value is -1.21. The van der Waals surface area contributed by atoms with E-state index >= 15 is 0 Å². The minimum absolute atomic E-state index is 0.215. The first-order valence-corrected chi connectivity index (χ1v) is 9.18. The van der Waals surface area contributed by atoms with E-state index in [9.17, 15) is 9.59 Å². The fourth-order valence-electron chi connectivity index (χ4n) is 1.56. The number of aromatic nitrogens is 1. The van der Waals surface area contributed by atoms with Crippen molar-refractivity contribution in [1.29, 1.82) is 0 Å². The van der Waals surface area contributed by atoms with Crippen molar-refractivity contribution in [2.24, 2.45) is 0 Å². The molecule has 2 N–H and O–H groups in total. The molecule has 1 aromatic heterocycles. The van der Waals surface area contributed by atoms with Crippen molar-refractivity contribution in [3.8, 4) is 0 Å². The fourth-order valence-corrected chi connectivity index (χ4v) is 3.43. The van der Waals surface area contributed by atoms with Crippen molar-refractivity contribution in [3.05, 3.63) is 24.4 Å². The second kappa shape index (κ2) is 10.5. The van der Waals surface area contributed by atoms with E-state index in [0.717, 1.165) is 17.9 Å². The predicted octanol–water partition coefficient (Wildman–Crippen LogP) is 2.97. The summed E-state index contributed by atoms with van der Waals surface area (Å²) in [7, 11) is 3.04. The minimum Gasteiger partial charge on any atom is -0.480 e. The maximum Gasteiger partial charge on any atom is 0.326 e. The van der Waals surface area contributed by atoms with Crippen LogP contribution in [0.15, 0.2) is 29.4 Å². The summed E-state index contributed by atoms with van der Waals surface area (Å²) >= 11 is 0. The second-order valence-electron chi connectivity index (χ2n) is 4.42. The molecule has 0 aliphatic rings. The van der Waals surface area contributed by atoms with Gasteiger partial charge >= 0.3 is 5.97 Å². The molecule has 1 rings (SSSR count). The van der Waals surface area contributed by atoms with Gasteiger partial charge in [0.15, 0.2) is 0 Å². The van der Waals surface area contributed by atoms with Crippen molar-refractivity contribution >= 4 is 33.5 Å². The summed E-state index contributed by atoms with van der Waals surface area (Å²) in [5, 5.41) is 12.5. The molecule has 0 aliphatic carbocycles. The Morgan fingerprint density at radius 1 is 1.43 bits per heavy atom. The standard InChI is InChI=1S/C14H20N2O3S2/c1-2-3-6-11(14(18)19)16-12(17)8-10-20-21-13-7-4-5-9-15-13/h4-5,7,9,11H,2-3,6,8,10H2,1H3,(H,16,17)(H,18,19). The van der Waals surface area contributed by atoms with E-state index in [4.69, 9.17) is 5.11 Å². The number of pyridine rings is 1. The highest BCUT2D eigenvalue weighted by atomic mass is 33.1. The molecule has 1 aromatic rings. The number of nitrogens with zero attached hydrogens (tertiary/aromatic N) is 1. The lowest BCUT2D eigenvalue weighted by Crippen LogP contribution is -2.40. The van der Waals surface area contributed by atoms with Crippen LogP contribution < -0.4 is 5.32 Å². The first-order chi connectivity index (χ1) is 10.1. The number of nitrogens with one attached hydrogen (secondary N) is 1. The highest BCUT2D eigenvalue weighted by Crippen LogP contribution is 2.29. The third-order valence-corrected chi connectivity index (χ3v) is 4.94. The number of hydrogen-bond donors (Lipinski definition) is 2. The lowest BCUT2D eigenvalue weighted by atomic mass is 10.1. The average Bonchev–Trinajstić information content (AvgIpc) is 2.48. The molecule has 0 aromatic carbocycles. The van der Waals surface area contributed by atoms with Crippen LogP contribution in [0.1, 0.15) is 32.6 Å². The van der Waals surface area contributed by atoms with Crippen LogP contribution in [0.2, 0.25) is 0 Å². The van der Waals surface area contributed by atoms with Gasteiger partial charge in [-0.25, -0.2) is 9.78 Å². The Morgan fingerprint density at radius 3 is 2.86 bits per heavy atom. The molecule has 21 heavy (non-hydrogen) atoms. The van der Waals surface area contributed by atoms with Gasteiger partial charge in [-0.2, -0.15) is 0 Å². The van der Waals surface area contributed by atoms with E-state index in [2.05, 4.69) is 10.3 Å². The number of carbonyl (C=O) groups excluding carboxylic acids is 1. The second-order valence-corrected chi connectivity index (χ2v) is 6.86. The van der Waals surface area contributed by atoms with Gasteiger partial charge in [-0.15, -0.1) is 0 Å². The summed E-state index contributed by atoms with van der Waals surface area (Å²) in [4.78, 5) is 26.9. The van der Waals surface area contributed by atoms with Crippen LogP contribution in [0, 0.1) is 0 Å². The number of amides is 1. The maximum atomic E-state index is 11.7. The van der Waals surface area contributed by atoms with E-state index < -0.39 is 12.0 Å². The van der Waals surface area contributed by atoms with E-state index in [1.165, 1.54) is 21.6 Å². The highest BCUT2D eigenvalue weighted by Gasteiger charge is 2.18. The third kappa shape index (κ3) is 7.96. The largest absolute Gasteiger partial charge is 0.480 e. The molecule has 0 spiro atoms. The first-order valence-electron chi connectivity index (χ1n) is 6.86. The summed E-state index contributed by atoms with van der Waals surface area (Å²) < 4.78 is 0. The number of carboxylic acid groups (broad SMARTS) is 1. The van der Waals surface area contributed by atoms with Crippen LogP contribution in [0.5, 0.6) is 0 Å². The van der Waals surface area contributed by atoms with Gasteiger partial charge in [0.25, 0.3) is 0 Å². The average molecular weight is 328 g/mol. The number of unbranched alkanes of at least 4 members (excludes halogenated alkanes) is 1. The van der Waals surface area contributed by atoms with E-state index in [1.54, 1.807) is 6.20 Å². The molecule has 0 bridgehead atoms. The Balaban J connectivity index is 2.21. The number of carboxylic acids is 1. The van der Waals surface area contributed by atoms with Gasteiger partial charge in [-0.1, -0.05) is 36.6 Å². The summed E-state index contributed by atoms with van der Waals surface area (Å²) in [6, 6.07) is 4.90. The SMILES string of the molecule is CCCCC(NC(=O)CCSSc1ccccn1)C(=O)O. The zero-order valence-electron chi connectivity index (χ0n) is 11.9. The molecule has 1 heterocycles. The van der Waals surface area contributed by atoms with Crippen LogP contribution >= 0.6 is 21.6 Å². The summed E-state index contributed by atoms with van der Waals surface area (Å²) in [5.74, 6) is -0.562. The molecule has 1 atom stereocenters. The van der Waals surface area contributed by atoms with Gasteiger partial charge in [-0.3, -0.25) is 4.79 Å². The van der Waals surface area contributed by atoms with Crippen LogP contribution in [-0.4, -0.2) is 33.8 Å². The quantitative estimate of drug-likeness (QED) is 0.508. The smallest absolute Gasteiger partial charge is 0.326 e. The number of hydrogen-bond acceptors (Lipinski definition) is 5. The maximum absolute atomic E-state index is 11.7. The zero-order valence-corrected chi connectivity index (χ0v) is 13.6. The fraction of sp³-hybridized carbons (Fsp3) is 0.500. The first kappa shape index (κ1) is 17.8. The van der Waals surface area contributed by atoms with E-state index in [-0.39, 0.29) is 5.91 Å². The molecular weight excluding hydrogens is 308 g/mol. The molecule has 7 heteroatoms.